The number of hydrogen-bond acceptors (Lipinski definition) is 5. The van der Waals surface area contributed by atoms with E-state index in [4.69, 9.17) is 11.0 Å². The largest absolute Gasteiger partial charge is 0.534 e. The predicted octanol–water partition coefficient (Wildman–Crippen LogP) is 17.2. The highest BCUT2D eigenvalue weighted by Gasteiger charge is 2.48. The predicted molar refractivity (Wildman–Crippen MR) is 321 cm³/mol. The van der Waals surface area contributed by atoms with Gasteiger partial charge in [0, 0.05) is 0 Å². The molecular weight excluding hydrogens is 1010 g/mol. The van der Waals surface area contributed by atoms with Crippen LogP contribution in [0.4, 0.5) is 13.2 Å². The Balaban J connectivity index is 0.000000133. The van der Waals surface area contributed by atoms with E-state index in [2.05, 4.69) is 107 Å². The van der Waals surface area contributed by atoms with Gasteiger partial charge in [-0.15, -0.1) is 0 Å². The lowest BCUT2D eigenvalue weighted by Gasteiger charge is -2.18. The van der Waals surface area contributed by atoms with Crippen LogP contribution >= 0.6 is 0 Å². The second kappa shape index (κ2) is 20.9. The molecule has 0 bridgehead atoms. The molecule has 382 valence electrons. The fourth-order valence-electron chi connectivity index (χ4n) is 10.6. The fourth-order valence-corrected chi connectivity index (χ4v) is 11.0. The second-order valence-electron chi connectivity index (χ2n) is 18.6. The van der Waals surface area contributed by atoms with Gasteiger partial charge in [0.05, 0.1) is 11.0 Å². The molecule has 0 fully saturated rings. The quantitative estimate of drug-likeness (QED) is 0.0570. The van der Waals surface area contributed by atoms with Crippen LogP contribution in [-0.2, 0) is 10.1 Å². The van der Waals surface area contributed by atoms with E-state index in [1.54, 1.807) is 6.07 Å². The number of fused-ring (bicyclic) bond motifs is 10. The van der Waals surface area contributed by atoms with Crippen molar-refractivity contribution in [2.24, 2.45) is 0 Å². The van der Waals surface area contributed by atoms with Crippen LogP contribution in [0.5, 0.6) is 5.75 Å². The summed E-state index contributed by atoms with van der Waals surface area (Å²) in [7, 11) is -7.36. The van der Waals surface area contributed by atoms with E-state index in [1.165, 1.54) is 40.1 Å². The summed E-state index contributed by atoms with van der Waals surface area (Å²) in [5.74, 6) is -0.616. The fraction of sp³-hybridized carbons (Fsp3) is 0.0145. The average molecular weight is 1060 g/mol. The van der Waals surface area contributed by atoms with E-state index < -0.39 is 40.6 Å². The van der Waals surface area contributed by atoms with Crippen LogP contribution < -0.4 is 9.65 Å². The third kappa shape index (κ3) is 9.57. The van der Waals surface area contributed by atoms with Gasteiger partial charge in [-0.1, -0.05) is 249 Å². The molecule has 5 nitrogen and oxygen atoms in total. The van der Waals surface area contributed by atoms with Crippen LogP contribution in [0, 0.1) is 0 Å². The zero-order chi connectivity index (χ0) is 61.2. The Kier molecular flexibility index (Phi) is 11.1. The van der Waals surface area contributed by atoms with E-state index in [0.29, 0.717) is 21.6 Å². The van der Waals surface area contributed by atoms with Crippen molar-refractivity contribution in [1.82, 2.24) is 0 Å². The van der Waals surface area contributed by atoms with Gasteiger partial charge in [0.15, 0.2) is 0 Å². The summed E-state index contributed by atoms with van der Waals surface area (Å²) >= 11 is 0. The molecule has 0 aliphatic rings. The number of benzene rings is 14. The standard InChI is InChI=1S/C34H22.C20H15BO2.C15H9F3O3S/c1-2-11-25(12-3-1)33-28-14-6-8-16-30(28)34(31-17-9-7-15-29(31)33)26-21-20-24-19-18-23-10-4-5-13-27(23)32(24)22-26;22-21(23)20-17-12-6-4-10-15(17)19(14-8-2-1-3-9-14)16-11-5-7-13-18(16)20;16-15(17,18)22(19,20)21-12-8-7-11-6-5-10-3-1-2-4-13(10)14(11)9-12/h1-22H;1-13,22-23H;1-9H/i4D,5D,10D,13D;;1D,2D,3D,4D. The Morgan fingerprint density at radius 3 is 1.14 bits per heavy atom. The Labute approximate surface area is 465 Å². The lowest BCUT2D eigenvalue weighted by Crippen LogP contribution is -2.31. The molecule has 0 saturated carbocycles. The van der Waals surface area contributed by atoms with Crippen LogP contribution in [0.2, 0.25) is 0 Å². The van der Waals surface area contributed by atoms with Crippen LogP contribution in [0.15, 0.2) is 267 Å². The average Bonchev–Trinajstić information content (AvgIpc) is 1.30. The zero-order valence-electron chi connectivity index (χ0n) is 49.5. The summed E-state index contributed by atoms with van der Waals surface area (Å²) in [6.45, 7) is 0. The smallest absolute Gasteiger partial charge is 0.423 e. The highest BCUT2D eigenvalue weighted by atomic mass is 32.2. The normalized spacial score (nSPS) is 13.1. The third-order valence-corrected chi connectivity index (χ3v) is 15.0. The summed E-state index contributed by atoms with van der Waals surface area (Å²) in [4.78, 5) is 0. The molecule has 0 heterocycles. The van der Waals surface area contributed by atoms with Gasteiger partial charge in [0.25, 0.3) is 0 Å². The van der Waals surface area contributed by atoms with E-state index in [-0.39, 0.29) is 52.4 Å². The van der Waals surface area contributed by atoms with Crippen molar-refractivity contribution >= 4 is 109 Å². The van der Waals surface area contributed by atoms with Gasteiger partial charge < -0.3 is 14.2 Å². The molecule has 0 atom stereocenters. The molecule has 79 heavy (non-hydrogen) atoms. The Hall–Kier alpha value is -9.32. The van der Waals surface area contributed by atoms with Crippen molar-refractivity contribution < 1.29 is 46.8 Å². The molecular formula is C69H46BF3O5S. The Morgan fingerprint density at radius 1 is 0.367 bits per heavy atom. The maximum Gasteiger partial charge on any atom is 0.534 e. The van der Waals surface area contributed by atoms with Crippen LogP contribution in [0.1, 0.15) is 11.0 Å². The number of rotatable bonds is 6. The van der Waals surface area contributed by atoms with Gasteiger partial charge in [-0.2, -0.15) is 21.6 Å². The first-order valence-electron chi connectivity index (χ1n) is 29.0. The first-order chi connectivity index (χ1) is 41.7. The van der Waals surface area contributed by atoms with Gasteiger partial charge in [-0.25, -0.2) is 0 Å². The van der Waals surface area contributed by atoms with Crippen molar-refractivity contribution in [2.45, 2.75) is 5.51 Å². The van der Waals surface area contributed by atoms with Crippen molar-refractivity contribution in [3.63, 3.8) is 0 Å². The van der Waals surface area contributed by atoms with Crippen molar-refractivity contribution in [2.75, 3.05) is 0 Å². The Morgan fingerprint density at radius 2 is 0.709 bits per heavy atom. The lowest BCUT2D eigenvalue weighted by molar-refractivity contribution is -0.0500. The van der Waals surface area contributed by atoms with Crippen LogP contribution in [-0.4, -0.2) is 31.1 Å². The topological polar surface area (TPSA) is 83.8 Å². The molecule has 0 saturated heterocycles. The number of halogens is 3. The van der Waals surface area contributed by atoms with Gasteiger partial charge in [0.1, 0.15) is 5.75 Å². The maximum atomic E-state index is 12.5. The highest BCUT2D eigenvalue weighted by Crippen LogP contribution is 2.45. The first kappa shape index (κ1) is 41.8. The van der Waals surface area contributed by atoms with Gasteiger partial charge in [-0.05, 0) is 143 Å². The van der Waals surface area contributed by atoms with Crippen LogP contribution in [0.3, 0.4) is 0 Å². The van der Waals surface area contributed by atoms with Crippen molar-refractivity contribution in [3.8, 4) is 39.1 Å². The van der Waals surface area contributed by atoms with Gasteiger partial charge in [0.2, 0.25) is 0 Å². The molecule has 14 aromatic rings. The molecule has 0 radical (unpaired) electrons. The summed E-state index contributed by atoms with van der Waals surface area (Å²) in [5.41, 5.74) is 1.74. The molecule has 0 amide bonds. The van der Waals surface area contributed by atoms with Gasteiger partial charge in [-0.3, -0.25) is 0 Å². The summed E-state index contributed by atoms with van der Waals surface area (Å²) < 4.78 is 129. The molecule has 2 N–H and O–H groups in total. The molecule has 0 spiro atoms. The Bertz CT molecular complexity index is 5120. The second-order valence-corrected chi connectivity index (χ2v) is 20.1. The monoisotopic (exact) mass is 1060 g/mol. The third-order valence-electron chi connectivity index (χ3n) is 14.0. The minimum Gasteiger partial charge on any atom is -0.423 e. The molecule has 0 aromatic heterocycles. The van der Waals surface area contributed by atoms with E-state index in [0.717, 1.165) is 77.5 Å². The summed E-state index contributed by atoms with van der Waals surface area (Å²) in [6, 6.07) is 67.8. The zero-order valence-corrected chi connectivity index (χ0v) is 42.3. The van der Waals surface area contributed by atoms with E-state index >= 15 is 0 Å². The summed E-state index contributed by atoms with van der Waals surface area (Å²) in [5, 5.41) is 32.0. The number of alkyl halides is 3. The SMILES string of the molecule is OB(O)c1c2ccccc2c(-c2ccccc2)c2ccccc12.[2H]c1c([2H])c([2H])c2c(ccc3ccc(-c4c5ccccc5c(-c5ccccc5)c5ccccc45)cc32)c1[2H].[2H]c1c([2H])c([2H])c2c(ccc3ccc(OS(=O)(=O)C(F)(F)F)cc32)c1[2H]. The van der Waals surface area contributed by atoms with Crippen molar-refractivity contribution in [1.29, 1.82) is 0 Å². The molecule has 0 unspecified atom stereocenters. The van der Waals surface area contributed by atoms with E-state index in [1.807, 2.05) is 78.9 Å². The van der Waals surface area contributed by atoms with Crippen LogP contribution in [0.25, 0.3) is 120 Å². The molecule has 0 aliphatic carbocycles. The molecule has 10 heteroatoms. The van der Waals surface area contributed by atoms with Crippen molar-refractivity contribution in [3.05, 3.63) is 267 Å². The first-order valence-corrected chi connectivity index (χ1v) is 26.4. The molecule has 14 aromatic carbocycles. The lowest BCUT2D eigenvalue weighted by atomic mass is 9.72. The highest BCUT2D eigenvalue weighted by molar-refractivity contribution is 7.88. The molecule has 0 aliphatic heterocycles. The molecule has 14 rings (SSSR count). The van der Waals surface area contributed by atoms with Gasteiger partial charge >= 0.3 is 22.7 Å². The summed E-state index contributed by atoms with van der Waals surface area (Å²) in [6.07, 6.45) is 0. The maximum absolute atomic E-state index is 12.5. The minimum atomic E-state index is -5.86. The van der Waals surface area contributed by atoms with E-state index in [9.17, 15) is 31.6 Å². The number of hydrogen-bond donors (Lipinski definition) is 2. The minimum absolute atomic E-state index is 0.00195.